The van der Waals surface area contributed by atoms with E-state index in [1.54, 1.807) is 6.92 Å². The summed E-state index contributed by atoms with van der Waals surface area (Å²) in [6.45, 7) is 10.5. The van der Waals surface area contributed by atoms with Crippen LogP contribution in [0.1, 0.15) is 83.5 Å². The van der Waals surface area contributed by atoms with Gasteiger partial charge in [-0.1, -0.05) is 0 Å². The fraction of sp³-hybridized carbons (Fsp3) is 0.783. The maximum absolute atomic E-state index is 12.4. The molecule has 0 unspecified atom stereocenters. The van der Waals surface area contributed by atoms with E-state index < -0.39 is 5.60 Å². The number of piperidine rings is 1. The molecule has 3 aliphatic rings. The van der Waals surface area contributed by atoms with Crippen molar-refractivity contribution < 1.29 is 14.3 Å². The summed E-state index contributed by atoms with van der Waals surface area (Å²) in [4.78, 5) is 28.0. The van der Waals surface area contributed by atoms with Gasteiger partial charge in [0.1, 0.15) is 9.30 Å². The van der Waals surface area contributed by atoms with E-state index in [4.69, 9.17) is 9.84 Å². The number of aromatic nitrogens is 2. The lowest BCUT2D eigenvalue weighted by atomic mass is 9.67. The van der Waals surface area contributed by atoms with Crippen LogP contribution in [-0.2, 0) is 22.5 Å². The quantitative estimate of drug-likeness (QED) is 0.490. The molecule has 0 atom stereocenters. The van der Waals surface area contributed by atoms with E-state index in [-0.39, 0.29) is 12.0 Å². The number of amides is 2. The van der Waals surface area contributed by atoms with Crippen molar-refractivity contribution in [2.24, 2.45) is 5.41 Å². The maximum atomic E-state index is 12.4. The second-order valence-electron chi connectivity index (χ2n) is 10.5. The first kappa shape index (κ1) is 22.9. The highest BCUT2D eigenvalue weighted by Gasteiger charge is 2.41. The highest BCUT2D eigenvalue weighted by atomic mass is 127. The Morgan fingerprint density at radius 2 is 1.71 bits per heavy atom. The lowest BCUT2D eigenvalue weighted by Crippen LogP contribution is -2.46. The first-order chi connectivity index (χ1) is 14.6. The molecular weight excluding hydrogens is 507 g/mol. The smallest absolute Gasteiger partial charge is 0.410 e. The van der Waals surface area contributed by atoms with E-state index in [9.17, 15) is 9.59 Å². The summed E-state index contributed by atoms with van der Waals surface area (Å²) in [5, 5.41) is 4.91. The summed E-state index contributed by atoms with van der Waals surface area (Å²) in [7, 11) is 0. The van der Waals surface area contributed by atoms with Crippen LogP contribution in [0.2, 0.25) is 0 Å². The van der Waals surface area contributed by atoms with E-state index in [0.29, 0.717) is 18.0 Å². The second-order valence-corrected chi connectivity index (χ2v) is 11.6. The molecular formula is C23H35IN4O3. The minimum atomic E-state index is -0.438. The van der Waals surface area contributed by atoms with Gasteiger partial charge in [-0.15, -0.1) is 0 Å². The predicted molar refractivity (Wildman–Crippen MR) is 127 cm³/mol. The Hall–Kier alpha value is -1.32. The molecule has 4 rings (SSSR count). The van der Waals surface area contributed by atoms with Crippen LogP contribution < -0.4 is 0 Å². The molecule has 3 heterocycles. The SMILES string of the molecule is CC(=O)N1CCc2c(c(I)nn2C2CCC3(CC2)CCN(C(=O)OC(C)(C)C)CC3)C1. The van der Waals surface area contributed by atoms with Crippen molar-refractivity contribution in [3.63, 3.8) is 0 Å². The van der Waals surface area contributed by atoms with Gasteiger partial charge in [0.2, 0.25) is 5.91 Å². The first-order valence-corrected chi connectivity index (χ1v) is 12.6. The van der Waals surface area contributed by atoms with E-state index in [2.05, 4.69) is 27.3 Å². The number of ether oxygens (including phenoxy) is 1. The number of rotatable bonds is 1. The third-order valence-electron chi connectivity index (χ3n) is 7.32. The summed E-state index contributed by atoms with van der Waals surface area (Å²) in [6, 6.07) is 0.454. The van der Waals surface area contributed by atoms with Gasteiger partial charge in [0.15, 0.2) is 0 Å². The molecule has 0 aromatic carbocycles. The van der Waals surface area contributed by atoms with Gasteiger partial charge >= 0.3 is 6.09 Å². The van der Waals surface area contributed by atoms with E-state index >= 15 is 0 Å². The predicted octanol–water partition coefficient (Wildman–Crippen LogP) is 4.52. The average molecular weight is 542 g/mol. The van der Waals surface area contributed by atoms with Gasteiger partial charge in [-0.2, -0.15) is 5.10 Å². The van der Waals surface area contributed by atoms with Crippen molar-refractivity contribution in [1.82, 2.24) is 19.6 Å². The van der Waals surface area contributed by atoms with Crippen LogP contribution in [0.5, 0.6) is 0 Å². The van der Waals surface area contributed by atoms with Gasteiger partial charge in [-0.25, -0.2) is 4.79 Å². The number of halogens is 1. The molecule has 8 heteroatoms. The summed E-state index contributed by atoms with van der Waals surface area (Å²) in [5.41, 5.74) is 2.50. The molecule has 1 aliphatic carbocycles. The minimum Gasteiger partial charge on any atom is -0.444 e. The highest BCUT2D eigenvalue weighted by molar-refractivity contribution is 14.1. The van der Waals surface area contributed by atoms with Crippen molar-refractivity contribution in [2.45, 2.75) is 90.8 Å². The van der Waals surface area contributed by atoms with Crippen LogP contribution in [0.4, 0.5) is 4.79 Å². The lowest BCUT2D eigenvalue weighted by Gasteiger charge is -2.46. The number of hydrogen-bond donors (Lipinski definition) is 0. The van der Waals surface area contributed by atoms with E-state index in [0.717, 1.165) is 55.4 Å². The van der Waals surface area contributed by atoms with Crippen LogP contribution in [0.3, 0.4) is 0 Å². The van der Waals surface area contributed by atoms with Crippen LogP contribution in [0.15, 0.2) is 0 Å². The van der Waals surface area contributed by atoms with Gasteiger partial charge < -0.3 is 14.5 Å². The van der Waals surface area contributed by atoms with Crippen molar-refractivity contribution in [3.8, 4) is 0 Å². The molecule has 7 nitrogen and oxygen atoms in total. The van der Waals surface area contributed by atoms with E-state index in [1.807, 2.05) is 30.6 Å². The van der Waals surface area contributed by atoms with Crippen molar-refractivity contribution in [2.75, 3.05) is 19.6 Å². The van der Waals surface area contributed by atoms with Crippen molar-refractivity contribution in [3.05, 3.63) is 15.0 Å². The van der Waals surface area contributed by atoms with Crippen LogP contribution in [-0.4, -0.2) is 56.8 Å². The molecule has 2 amide bonds. The Morgan fingerprint density at radius 1 is 1.06 bits per heavy atom. The standard InChI is InChI=1S/C23H35IN4O3/c1-16(29)27-12-7-19-18(15-27)20(24)25-28(19)17-5-8-23(9-6-17)10-13-26(14-11-23)21(30)31-22(2,3)4/h17H,5-15H2,1-4H3. The molecule has 0 radical (unpaired) electrons. The first-order valence-electron chi connectivity index (χ1n) is 11.6. The summed E-state index contributed by atoms with van der Waals surface area (Å²) in [6.07, 6.45) is 7.56. The number of hydrogen-bond acceptors (Lipinski definition) is 4. The minimum absolute atomic E-state index is 0.145. The second kappa shape index (κ2) is 8.56. The van der Waals surface area contributed by atoms with Gasteiger partial charge in [-0.3, -0.25) is 9.48 Å². The summed E-state index contributed by atoms with van der Waals surface area (Å²) < 4.78 is 8.89. The zero-order valence-electron chi connectivity index (χ0n) is 19.2. The molecule has 1 spiro atoms. The van der Waals surface area contributed by atoms with Crippen LogP contribution in [0.25, 0.3) is 0 Å². The molecule has 1 saturated heterocycles. The Morgan fingerprint density at radius 3 is 2.29 bits per heavy atom. The number of nitrogens with zero attached hydrogens (tertiary/aromatic N) is 4. The van der Waals surface area contributed by atoms with Gasteiger partial charge in [-0.05, 0) is 87.3 Å². The Labute approximate surface area is 199 Å². The number of fused-ring (bicyclic) bond motifs is 1. The number of carbonyl (C=O) groups excluding carboxylic acids is 2. The number of carbonyl (C=O) groups is 2. The zero-order valence-corrected chi connectivity index (χ0v) is 21.4. The molecule has 1 saturated carbocycles. The third kappa shape index (κ3) is 4.88. The monoisotopic (exact) mass is 542 g/mol. The molecule has 1 aromatic rings. The highest BCUT2D eigenvalue weighted by Crippen LogP contribution is 2.48. The molecule has 2 aliphatic heterocycles. The normalized spacial score (nSPS) is 21.8. The average Bonchev–Trinajstić information content (AvgIpc) is 3.04. The summed E-state index contributed by atoms with van der Waals surface area (Å²) in [5.74, 6) is 0.145. The summed E-state index contributed by atoms with van der Waals surface area (Å²) >= 11 is 2.33. The molecule has 31 heavy (non-hydrogen) atoms. The molecule has 1 aromatic heterocycles. The largest absolute Gasteiger partial charge is 0.444 e. The maximum Gasteiger partial charge on any atom is 0.410 e. The Kier molecular flexibility index (Phi) is 6.31. The van der Waals surface area contributed by atoms with Crippen molar-refractivity contribution >= 4 is 34.6 Å². The fourth-order valence-electron chi connectivity index (χ4n) is 5.43. The van der Waals surface area contributed by atoms with Crippen LogP contribution in [0, 0.1) is 9.12 Å². The lowest BCUT2D eigenvalue weighted by molar-refractivity contribution is -0.129. The fourth-order valence-corrected chi connectivity index (χ4v) is 6.14. The zero-order chi connectivity index (χ0) is 22.4. The van der Waals surface area contributed by atoms with Crippen LogP contribution >= 0.6 is 22.6 Å². The third-order valence-corrected chi connectivity index (χ3v) is 8.19. The van der Waals surface area contributed by atoms with Gasteiger partial charge in [0, 0.05) is 44.2 Å². The number of likely N-dealkylation sites (tertiary alicyclic amines) is 1. The van der Waals surface area contributed by atoms with Crippen molar-refractivity contribution in [1.29, 1.82) is 0 Å². The molecule has 172 valence electrons. The Balaban J connectivity index is 1.36. The Bertz CT molecular complexity index is 842. The molecule has 0 bridgehead atoms. The molecule has 2 fully saturated rings. The van der Waals surface area contributed by atoms with Gasteiger partial charge in [0.25, 0.3) is 0 Å². The van der Waals surface area contributed by atoms with E-state index in [1.165, 1.54) is 24.1 Å². The van der Waals surface area contributed by atoms with Gasteiger partial charge in [0.05, 0.1) is 12.6 Å². The topological polar surface area (TPSA) is 67.7 Å². The molecule has 0 N–H and O–H groups in total.